The zero-order valence-corrected chi connectivity index (χ0v) is 13.1. The Kier molecular flexibility index (Phi) is 4.58. The lowest BCUT2D eigenvalue weighted by atomic mass is 10.2. The fourth-order valence-corrected chi connectivity index (χ4v) is 3.53. The van der Waals surface area contributed by atoms with Crippen LogP contribution in [-0.2, 0) is 16.4 Å². The molecular weight excluding hydrogens is 317 g/mol. The number of hydrogen-bond donors (Lipinski definition) is 1. The Balaban J connectivity index is 2.33. The van der Waals surface area contributed by atoms with E-state index >= 15 is 0 Å². The summed E-state index contributed by atoms with van der Waals surface area (Å²) in [5.74, 6) is 0. The molecule has 20 heavy (non-hydrogen) atoms. The van der Waals surface area contributed by atoms with Gasteiger partial charge < -0.3 is 0 Å². The summed E-state index contributed by atoms with van der Waals surface area (Å²) in [6.07, 6.45) is 0.896. The summed E-state index contributed by atoms with van der Waals surface area (Å²) >= 11 is 11.8. The number of benzene rings is 2. The first-order valence-electron chi connectivity index (χ1n) is 6.00. The van der Waals surface area contributed by atoms with Gasteiger partial charge in [-0.15, -0.1) is 0 Å². The molecule has 0 saturated heterocycles. The number of rotatable bonds is 4. The third-order valence-electron chi connectivity index (χ3n) is 2.82. The van der Waals surface area contributed by atoms with Gasteiger partial charge in [0.25, 0.3) is 10.0 Å². The highest BCUT2D eigenvalue weighted by molar-refractivity contribution is 7.92. The highest BCUT2D eigenvalue weighted by Crippen LogP contribution is 2.30. The van der Waals surface area contributed by atoms with Crippen LogP contribution in [0.4, 0.5) is 5.69 Å². The molecule has 2 aromatic rings. The highest BCUT2D eigenvalue weighted by Gasteiger charge is 2.19. The van der Waals surface area contributed by atoms with Crippen LogP contribution in [0, 0.1) is 0 Å². The summed E-state index contributed by atoms with van der Waals surface area (Å²) in [5.41, 5.74) is 1.62. The van der Waals surface area contributed by atoms with Crippen molar-refractivity contribution in [3.63, 3.8) is 0 Å². The van der Waals surface area contributed by atoms with Gasteiger partial charge in [0.2, 0.25) is 0 Å². The summed E-state index contributed by atoms with van der Waals surface area (Å²) in [5, 5.41) is 0.225. The summed E-state index contributed by atoms with van der Waals surface area (Å²) in [6, 6.07) is 11.7. The van der Waals surface area contributed by atoms with Gasteiger partial charge in [0, 0.05) is 5.69 Å². The van der Waals surface area contributed by atoms with E-state index in [1.165, 1.54) is 6.07 Å². The monoisotopic (exact) mass is 329 g/mol. The quantitative estimate of drug-likeness (QED) is 0.905. The van der Waals surface area contributed by atoms with Crippen LogP contribution >= 0.6 is 23.2 Å². The summed E-state index contributed by atoms with van der Waals surface area (Å²) in [6.45, 7) is 2.03. The zero-order chi connectivity index (χ0) is 14.8. The van der Waals surface area contributed by atoms with E-state index in [1.54, 1.807) is 24.3 Å². The third kappa shape index (κ3) is 3.26. The van der Waals surface area contributed by atoms with Gasteiger partial charge in [0.05, 0.1) is 10.0 Å². The average molecular weight is 330 g/mol. The molecule has 0 unspecified atom stereocenters. The second-order valence-electron chi connectivity index (χ2n) is 4.21. The minimum absolute atomic E-state index is 0.0202. The smallest absolute Gasteiger partial charge is 0.263 e. The van der Waals surface area contributed by atoms with Crippen molar-refractivity contribution >= 4 is 38.9 Å². The lowest BCUT2D eigenvalue weighted by molar-refractivity contribution is 0.601. The average Bonchev–Trinajstić information content (AvgIpc) is 2.42. The van der Waals surface area contributed by atoms with E-state index in [2.05, 4.69) is 4.72 Å². The maximum atomic E-state index is 12.3. The van der Waals surface area contributed by atoms with Gasteiger partial charge in [-0.3, -0.25) is 4.72 Å². The highest BCUT2D eigenvalue weighted by atomic mass is 35.5. The number of aryl methyl sites for hydroxylation is 1. The molecule has 2 aromatic carbocycles. The van der Waals surface area contributed by atoms with Crippen molar-refractivity contribution in [3.8, 4) is 0 Å². The van der Waals surface area contributed by atoms with E-state index in [0.717, 1.165) is 12.0 Å². The minimum atomic E-state index is -3.75. The molecule has 0 aliphatic heterocycles. The maximum Gasteiger partial charge on any atom is 0.263 e. The summed E-state index contributed by atoms with van der Waals surface area (Å²) < 4.78 is 27.0. The van der Waals surface area contributed by atoms with Crippen LogP contribution in [0.15, 0.2) is 47.4 Å². The standard InChI is InChI=1S/C14H13Cl2NO2S/c1-2-10-6-8-11(9-7-10)17-20(18,19)13-5-3-4-12(15)14(13)16/h3-9,17H,2H2,1H3. The van der Waals surface area contributed by atoms with Gasteiger partial charge in [-0.2, -0.15) is 0 Å². The van der Waals surface area contributed by atoms with Crippen molar-refractivity contribution in [1.29, 1.82) is 0 Å². The molecule has 0 fully saturated rings. The Bertz CT molecular complexity index is 712. The van der Waals surface area contributed by atoms with Crippen LogP contribution in [-0.4, -0.2) is 8.42 Å². The minimum Gasteiger partial charge on any atom is -0.280 e. The molecule has 2 rings (SSSR count). The van der Waals surface area contributed by atoms with E-state index in [9.17, 15) is 8.42 Å². The number of halogens is 2. The van der Waals surface area contributed by atoms with Gasteiger partial charge in [0.1, 0.15) is 4.90 Å². The molecule has 1 N–H and O–H groups in total. The molecule has 6 heteroatoms. The van der Waals surface area contributed by atoms with E-state index in [0.29, 0.717) is 5.69 Å². The molecule has 0 saturated carbocycles. The molecule has 0 radical (unpaired) electrons. The van der Waals surface area contributed by atoms with Crippen molar-refractivity contribution in [3.05, 3.63) is 58.1 Å². The van der Waals surface area contributed by atoms with Crippen molar-refractivity contribution < 1.29 is 8.42 Å². The number of hydrogen-bond acceptors (Lipinski definition) is 2. The third-order valence-corrected chi connectivity index (χ3v) is 5.17. The van der Waals surface area contributed by atoms with Crippen LogP contribution < -0.4 is 4.72 Å². The van der Waals surface area contributed by atoms with E-state index in [-0.39, 0.29) is 14.9 Å². The van der Waals surface area contributed by atoms with Gasteiger partial charge >= 0.3 is 0 Å². The maximum absolute atomic E-state index is 12.3. The van der Waals surface area contributed by atoms with Crippen molar-refractivity contribution in [2.24, 2.45) is 0 Å². The molecule has 0 aliphatic carbocycles. The first kappa shape index (κ1) is 15.2. The lowest BCUT2D eigenvalue weighted by Gasteiger charge is -2.10. The Morgan fingerprint density at radius 2 is 1.70 bits per heavy atom. The molecule has 106 valence electrons. The van der Waals surface area contributed by atoms with E-state index in [1.807, 2.05) is 19.1 Å². The fraction of sp³-hybridized carbons (Fsp3) is 0.143. The van der Waals surface area contributed by atoms with Crippen LogP contribution in [0.5, 0.6) is 0 Å². The van der Waals surface area contributed by atoms with E-state index < -0.39 is 10.0 Å². The SMILES string of the molecule is CCc1ccc(NS(=O)(=O)c2cccc(Cl)c2Cl)cc1. The van der Waals surface area contributed by atoms with Crippen LogP contribution in [0.1, 0.15) is 12.5 Å². The largest absolute Gasteiger partial charge is 0.280 e. The first-order chi connectivity index (χ1) is 9.44. The first-order valence-corrected chi connectivity index (χ1v) is 8.23. The van der Waals surface area contributed by atoms with Gasteiger partial charge in [0.15, 0.2) is 0 Å². The Hall–Kier alpha value is -1.23. The van der Waals surface area contributed by atoms with E-state index in [4.69, 9.17) is 23.2 Å². The van der Waals surface area contributed by atoms with Gasteiger partial charge in [-0.1, -0.05) is 48.3 Å². The zero-order valence-electron chi connectivity index (χ0n) is 10.7. The molecule has 0 heterocycles. The molecule has 0 bridgehead atoms. The molecular formula is C14H13Cl2NO2S. The second kappa shape index (κ2) is 6.04. The molecule has 0 amide bonds. The lowest BCUT2D eigenvalue weighted by Crippen LogP contribution is -2.13. The topological polar surface area (TPSA) is 46.2 Å². The molecule has 0 aromatic heterocycles. The van der Waals surface area contributed by atoms with Gasteiger partial charge in [-0.05, 0) is 36.2 Å². The Morgan fingerprint density at radius 1 is 1.05 bits per heavy atom. The van der Waals surface area contributed by atoms with Crippen molar-refractivity contribution in [2.75, 3.05) is 4.72 Å². The van der Waals surface area contributed by atoms with Crippen LogP contribution in [0.3, 0.4) is 0 Å². The molecule has 0 atom stereocenters. The normalized spacial score (nSPS) is 11.3. The summed E-state index contributed by atoms with van der Waals surface area (Å²) in [4.78, 5) is -0.0359. The Morgan fingerprint density at radius 3 is 2.30 bits per heavy atom. The predicted molar refractivity (Wildman–Crippen MR) is 83.1 cm³/mol. The molecule has 3 nitrogen and oxygen atoms in total. The molecule has 0 aliphatic rings. The van der Waals surface area contributed by atoms with Crippen LogP contribution in [0.2, 0.25) is 10.0 Å². The number of nitrogens with one attached hydrogen (secondary N) is 1. The van der Waals surface area contributed by atoms with Gasteiger partial charge in [-0.25, -0.2) is 8.42 Å². The second-order valence-corrected chi connectivity index (χ2v) is 6.64. The van der Waals surface area contributed by atoms with Crippen LogP contribution in [0.25, 0.3) is 0 Å². The van der Waals surface area contributed by atoms with Crippen molar-refractivity contribution in [2.45, 2.75) is 18.2 Å². The number of sulfonamides is 1. The molecule has 0 spiro atoms. The fourth-order valence-electron chi connectivity index (χ4n) is 1.71. The van der Waals surface area contributed by atoms with Crippen molar-refractivity contribution in [1.82, 2.24) is 0 Å². The summed E-state index contributed by atoms with van der Waals surface area (Å²) in [7, 11) is -3.75. The number of anilines is 1. The Labute approximate surface area is 128 Å². The predicted octanol–water partition coefficient (Wildman–Crippen LogP) is 4.36.